The Bertz CT molecular complexity index is 1090. The Morgan fingerprint density at radius 3 is 1.07 bits per heavy atom. The van der Waals surface area contributed by atoms with Crippen LogP contribution in [-0.4, -0.2) is 4.89 Å². The highest BCUT2D eigenvalue weighted by molar-refractivity contribution is 7.87. The molecule has 5 heteroatoms. The van der Waals surface area contributed by atoms with E-state index in [9.17, 15) is 9.46 Å². The van der Waals surface area contributed by atoms with Gasteiger partial charge in [-0.15, -0.1) is 0 Å². The number of rotatable bonds is 5. The molecular formula is C24H21NO2P2. The summed E-state index contributed by atoms with van der Waals surface area (Å²) in [5.74, 6) is 0. The van der Waals surface area contributed by atoms with Crippen molar-refractivity contribution >= 4 is 35.8 Å². The summed E-state index contributed by atoms with van der Waals surface area (Å²) in [6.07, 6.45) is 0. The van der Waals surface area contributed by atoms with E-state index in [1.807, 2.05) is 121 Å². The lowest BCUT2D eigenvalue weighted by atomic mass is 10.4. The topological polar surface area (TPSA) is 49.7 Å². The van der Waals surface area contributed by atoms with Crippen molar-refractivity contribution in [2.75, 3.05) is 0 Å². The Balaban J connectivity index is 2.06. The molecule has 0 fully saturated rings. The van der Waals surface area contributed by atoms with Crippen LogP contribution in [0.2, 0.25) is 0 Å². The van der Waals surface area contributed by atoms with Crippen LogP contribution < -0.4 is 21.2 Å². The third kappa shape index (κ3) is 3.91. The van der Waals surface area contributed by atoms with Gasteiger partial charge in [0.25, 0.3) is 0 Å². The largest absolute Gasteiger partial charge is 0.353 e. The zero-order valence-corrected chi connectivity index (χ0v) is 17.5. The standard InChI is InChI=1S/C24H21NO2P2/c26-28(21-13-5-1-6-14-21,22-15-7-2-8-16-22)25-29(27,23-17-9-3-10-18-23)24-19-11-4-12-20-24/h1-20,26H. The maximum atomic E-state index is 14.5. The van der Waals surface area contributed by atoms with Gasteiger partial charge in [0.2, 0.25) is 7.29 Å². The van der Waals surface area contributed by atoms with Crippen LogP contribution in [0.5, 0.6) is 0 Å². The van der Waals surface area contributed by atoms with Gasteiger partial charge in [-0.05, 0) is 24.3 Å². The summed E-state index contributed by atoms with van der Waals surface area (Å²) in [6, 6.07) is 37.1. The van der Waals surface area contributed by atoms with E-state index in [4.69, 9.17) is 4.52 Å². The van der Waals surface area contributed by atoms with Crippen LogP contribution in [0.25, 0.3) is 0 Å². The number of hydrogen-bond donors (Lipinski definition) is 1. The molecule has 0 atom stereocenters. The molecule has 0 aromatic heterocycles. The first-order chi connectivity index (χ1) is 14.1. The molecule has 0 heterocycles. The first kappa shape index (κ1) is 19.6. The first-order valence-corrected chi connectivity index (χ1v) is 12.7. The molecule has 0 aliphatic heterocycles. The van der Waals surface area contributed by atoms with Crippen LogP contribution in [0, 0.1) is 0 Å². The fraction of sp³-hybridized carbons (Fsp3) is 0. The van der Waals surface area contributed by atoms with Gasteiger partial charge in [0.1, 0.15) is 7.28 Å². The Morgan fingerprint density at radius 2 is 0.759 bits per heavy atom. The van der Waals surface area contributed by atoms with Crippen molar-refractivity contribution in [2.24, 2.45) is 4.52 Å². The predicted molar refractivity (Wildman–Crippen MR) is 123 cm³/mol. The van der Waals surface area contributed by atoms with Crippen molar-refractivity contribution in [3.05, 3.63) is 121 Å². The van der Waals surface area contributed by atoms with E-state index in [-0.39, 0.29) is 0 Å². The van der Waals surface area contributed by atoms with Crippen LogP contribution in [0.15, 0.2) is 126 Å². The molecule has 0 bridgehead atoms. The fourth-order valence-electron chi connectivity index (χ4n) is 3.22. The number of nitrogens with zero attached hydrogens (tertiary/aromatic N) is 1. The Kier molecular flexibility index (Phi) is 5.65. The molecule has 0 unspecified atom stereocenters. The molecule has 0 saturated carbocycles. The molecule has 0 amide bonds. The van der Waals surface area contributed by atoms with Gasteiger partial charge < -0.3 is 4.89 Å². The van der Waals surface area contributed by atoms with E-state index >= 15 is 0 Å². The van der Waals surface area contributed by atoms with Crippen molar-refractivity contribution in [3.63, 3.8) is 0 Å². The zero-order chi connectivity index (χ0) is 20.2. The number of benzene rings is 4. The molecule has 0 radical (unpaired) electrons. The van der Waals surface area contributed by atoms with E-state index in [0.29, 0.717) is 21.2 Å². The van der Waals surface area contributed by atoms with Gasteiger partial charge in [-0.25, -0.2) is 4.52 Å². The van der Waals surface area contributed by atoms with Gasteiger partial charge >= 0.3 is 0 Å². The van der Waals surface area contributed by atoms with Gasteiger partial charge in [-0.3, -0.25) is 4.57 Å². The monoisotopic (exact) mass is 417 g/mol. The van der Waals surface area contributed by atoms with Crippen molar-refractivity contribution in [2.45, 2.75) is 0 Å². The highest BCUT2D eigenvalue weighted by Gasteiger charge is 2.32. The minimum Gasteiger partial charge on any atom is -0.353 e. The second-order valence-electron chi connectivity index (χ2n) is 6.61. The quantitative estimate of drug-likeness (QED) is 0.480. The maximum Gasteiger partial charge on any atom is 0.248 e. The number of hydrogen-bond acceptors (Lipinski definition) is 1. The van der Waals surface area contributed by atoms with Crippen LogP contribution in [0.3, 0.4) is 0 Å². The summed E-state index contributed by atoms with van der Waals surface area (Å²) < 4.78 is 19.3. The van der Waals surface area contributed by atoms with Crippen molar-refractivity contribution < 1.29 is 9.46 Å². The van der Waals surface area contributed by atoms with E-state index < -0.39 is 14.6 Å². The third-order valence-corrected chi connectivity index (χ3v) is 10.8. The SMILES string of the molecule is O=P(N=P(O)(c1ccccc1)c1ccccc1)(c1ccccc1)c1ccccc1. The van der Waals surface area contributed by atoms with Gasteiger partial charge in [0, 0.05) is 21.2 Å². The Morgan fingerprint density at radius 1 is 0.483 bits per heavy atom. The fourth-order valence-corrected chi connectivity index (χ4v) is 9.25. The molecule has 1 N–H and O–H groups in total. The average Bonchev–Trinajstić information content (AvgIpc) is 2.81. The van der Waals surface area contributed by atoms with Crippen LogP contribution in [-0.2, 0) is 4.57 Å². The molecule has 3 nitrogen and oxygen atoms in total. The van der Waals surface area contributed by atoms with Crippen molar-refractivity contribution in [1.82, 2.24) is 0 Å². The summed E-state index contributed by atoms with van der Waals surface area (Å²) in [5, 5.41) is 2.57. The third-order valence-electron chi connectivity index (χ3n) is 4.70. The molecule has 4 aromatic carbocycles. The predicted octanol–water partition coefficient (Wildman–Crippen LogP) is 4.68. The van der Waals surface area contributed by atoms with Crippen molar-refractivity contribution in [3.8, 4) is 0 Å². The van der Waals surface area contributed by atoms with Crippen molar-refractivity contribution in [1.29, 1.82) is 0 Å². The molecular weight excluding hydrogens is 396 g/mol. The maximum absolute atomic E-state index is 14.5. The van der Waals surface area contributed by atoms with Crippen LogP contribution in [0.1, 0.15) is 0 Å². The second-order valence-corrected chi connectivity index (χ2v) is 11.7. The molecule has 0 spiro atoms. The summed E-state index contributed by atoms with van der Waals surface area (Å²) in [4.78, 5) is 12.0. The van der Waals surface area contributed by atoms with E-state index in [2.05, 4.69) is 0 Å². The first-order valence-electron chi connectivity index (χ1n) is 9.32. The summed E-state index contributed by atoms with van der Waals surface area (Å²) in [7, 11) is -6.72. The second kappa shape index (κ2) is 8.35. The van der Waals surface area contributed by atoms with E-state index in [1.54, 1.807) is 0 Å². The van der Waals surface area contributed by atoms with E-state index in [0.717, 1.165) is 0 Å². The lowest BCUT2D eigenvalue weighted by Gasteiger charge is -2.24. The summed E-state index contributed by atoms with van der Waals surface area (Å²) in [6.45, 7) is 0. The molecule has 0 aliphatic rings. The average molecular weight is 417 g/mol. The molecule has 0 saturated heterocycles. The highest BCUT2D eigenvalue weighted by atomic mass is 31.2. The summed E-state index contributed by atoms with van der Waals surface area (Å²) in [5.41, 5.74) is 0. The summed E-state index contributed by atoms with van der Waals surface area (Å²) >= 11 is 0. The molecule has 4 aromatic rings. The van der Waals surface area contributed by atoms with Gasteiger partial charge in [0.15, 0.2) is 0 Å². The van der Waals surface area contributed by atoms with Crippen LogP contribution in [0.4, 0.5) is 0 Å². The Hall–Kier alpha value is -2.70. The van der Waals surface area contributed by atoms with Gasteiger partial charge in [-0.1, -0.05) is 97.1 Å². The van der Waals surface area contributed by atoms with Gasteiger partial charge in [0.05, 0.1) is 0 Å². The lowest BCUT2D eigenvalue weighted by Crippen LogP contribution is -2.19. The smallest absolute Gasteiger partial charge is 0.248 e. The highest BCUT2D eigenvalue weighted by Crippen LogP contribution is 2.57. The molecule has 4 rings (SSSR count). The lowest BCUT2D eigenvalue weighted by molar-refractivity contribution is 0.587. The van der Waals surface area contributed by atoms with E-state index in [1.165, 1.54) is 0 Å². The molecule has 144 valence electrons. The minimum absolute atomic E-state index is 0.608. The Labute approximate surface area is 171 Å². The zero-order valence-electron chi connectivity index (χ0n) is 15.7. The van der Waals surface area contributed by atoms with Gasteiger partial charge in [-0.2, -0.15) is 0 Å². The molecule has 0 aliphatic carbocycles. The molecule has 29 heavy (non-hydrogen) atoms. The van der Waals surface area contributed by atoms with Crippen LogP contribution >= 0.6 is 14.6 Å². The normalized spacial score (nSPS) is 11.8. The minimum atomic E-state index is -3.45.